The lowest BCUT2D eigenvalue weighted by molar-refractivity contribution is 0.477. The third kappa shape index (κ3) is 3.01. The molecule has 1 aliphatic carbocycles. The Kier molecular flexibility index (Phi) is 3.97. The molecule has 1 aromatic heterocycles. The Morgan fingerprint density at radius 1 is 1.26 bits per heavy atom. The van der Waals surface area contributed by atoms with E-state index in [1.807, 2.05) is 6.92 Å². The molecule has 122 valence electrons. The highest BCUT2D eigenvalue weighted by Gasteiger charge is 2.20. The van der Waals surface area contributed by atoms with Gasteiger partial charge in [-0.1, -0.05) is 6.92 Å². The van der Waals surface area contributed by atoms with Gasteiger partial charge in [-0.05, 0) is 44.4 Å². The maximum atomic E-state index is 12.0. The van der Waals surface area contributed by atoms with Gasteiger partial charge in [-0.25, -0.2) is 18.4 Å². The van der Waals surface area contributed by atoms with E-state index >= 15 is 0 Å². The normalized spacial score (nSPS) is 13.8. The van der Waals surface area contributed by atoms with Crippen molar-refractivity contribution in [3.8, 4) is 5.75 Å². The predicted molar refractivity (Wildman–Crippen MR) is 87.9 cm³/mol. The van der Waals surface area contributed by atoms with Gasteiger partial charge in [0.05, 0.1) is 16.3 Å². The quantitative estimate of drug-likeness (QED) is 0.835. The summed E-state index contributed by atoms with van der Waals surface area (Å²) in [7, 11) is -3.33. The smallest absolute Gasteiger partial charge is 0.178 e. The molecule has 0 saturated heterocycles. The number of phenolic OH excluding ortho intramolecular Hbond substituents is 1. The highest BCUT2D eigenvalue weighted by molar-refractivity contribution is 7.91. The Bertz CT molecular complexity index is 863. The van der Waals surface area contributed by atoms with E-state index in [1.165, 1.54) is 18.2 Å². The second kappa shape index (κ2) is 5.81. The van der Waals surface area contributed by atoms with Crippen LogP contribution in [0.15, 0.2) is 23.1 Å². The molecule has 0 bridgehead atoms. The number of aromatic nitrogens is 2. The third-order valence-corrected chi connectivity index (χ3v) is 5.74. The van der Waals surface area contributed by atoms with Crippen LogP contribution in [0.1, 0.15) is 30.4 Å². The Morgan fingerprint density at radius 3 is 2.78 bits per heavy atom. The van der Waals surface area contributed by atoms with E-state index in [4.69, 9.17) is 0 Å². The van der Waals surface area contributed by atoms with Gasteiger partial charge in [0.15, 0.2) is 9.84 Å². The van der Waals surface area contributed by atoms with E-state index < -0.39 is 9.84 Å². The van der Waals surface area contributed by atoms with Crippen LogP contribution in [0.3, 0.4) is 0 Å². The summed E-state index contributed by atoms with van der Waals surface area (Å²) >= 11 is 0. The summed E-state index contributed by atoms with van der Waals surface area (Å²) in [6.07, 6.45) is 2.83. The zero-order valence-corrected chi connectivity index (χ0v) is 13.9. The van der Waals surface area contributed by atoms with Gasteiger partial charge in [0, 0.05) is 11.3 Å². The van der Waals surface area contributed by atoms with Gasteiger partial charge in [0.2, 0.25) is 0 Å². The van der Waals surface area contributed by atoms with Gasteiger partial charge >= 0.3 is 0 Å². The summed E-state index contributed by atoms with van der Waals surface area (Å²) < 4.78 is 24.0. The number of benzene rings is 1. The van der Waals surface area contributed by atoms with E-state index in [0.717, 1.165) is 30.5 Å². The van der Waals surface area contributed by atoms with Crippen LogP contribution in [0, 0.1) is 6.92 Å². The molecule has 3 rings (SSSR count). The number of hydrogen-bond acceptors (Lipinski definition) is 6. The van der Waals surface area contributed by atoms with E-state index in [2.05, 4.69) is 15.3 Å². The number of rotatable bonds is 4. The lowest BCUT2D eigenvalue weighted by Gasteiger charge is -2.13. The number of aryl methyl sites for hydroxylation is 2. The van der Waals surface area contributed by atoms with Crippen molar-refractivity contribution in [2.45, 2.75) is 38.0 Å². The summed E-state index contributed by atoms with van der Waals surface area (Å²) in [5, 5.41) is 13.1. The van der Waals surface area contributed by atoms with Crippen molar-refractivity contribution in [1.82, 2.24) is 9.97 Å². The fraction of sp³-hybridized carbons (Fsp3) is 0.375. The molecule has 0 fully saturated rings. The molecular weight excluding hydrogens is 314 g/mol. The van der Waals surface area contributed by atoms with Crippen LogP contribution < -0.4 is 5.32 Å². The summed E-state index contributed by atoms with van der Waals surface area (Å²) in [6, 6.07) is 4.25. The number of hydrogen-bond donors (Lipinski definition) is 2. The number of nitrogens with zero attached hydrogens (tertiary/aromatic N) is 2. The van der Waals surface area contributed by atoms with Gasteiger partial charge in [-0.2, -0.15) is 0 Å². The molecule has 0 radical (unpaired) electrons. The van der Waals surface area contributed by atoms with Gasteiger partial charge in [0.1, 0.15) is 17.4 Å². The number of anilines is 2. The Morgan fingerprint density at radius 2 is 2.04 bits per heavy atom. The standard InChI is InChI=1S/C16H19N3O3S/c1-3-23(21,22)11-7-8-15(20)14(9-11)19-16-12-5-4-6-13(12)17-10(2)18-16/h7-9,20H,3-6H2,1-2H3,(H,17,18,19). The number of aromatic hydroxyl groups is 1. The molecule has 2 N–H and O–H groups in total. The van der Waals surface area contributed by atoms with Crippen LogP contribution >= 0.6 is 0 Å². The van der Waals surface area contributed by atoms with Crippen molar-refractivity contribution in [3.63, 3.8) is 0 Å². The first-order valence-electron chi connectivity index (χ1n) is 7.60. The Labute approximate surface area is 135 Å². The second-order valence-electron chi connectivity index (χ2n) is 5.61. The minimum absolute atomic E-state index is 0.0111. The molecular formula is C16H19N3O3S. The van der Waals surface area contributed by atoms with Crippen molar-refractivity contribution in [1.29, 1.82) is 0 Å². The molecule has 0 saturated carbocycles. The first-order chi connectivity index (χ1) is 10.9. The first kappa shape index (κ1) is 15.7. The van der Waals surface area contributed by atoms with Gasteiger partial charge in [-0.3, -0.25) is 0 Å². The maximum absolute atomic E-state index is 12.0. The third-order valence-electron chi connectivity index (χ3n) is 4.01. The SMILES string of the molecule is CCS(=O)(=O)c1ccc(O)c(Nc2nc(C)nc3c2CCC3)c1. The molecule has 7 heteroatoms. The molecule has 23 heavy (non-hydrogen) atoms. The first-order valence-corrected chi connectivity index (χ1v) is 9.25. The molecule has 0 unspecified atom stereocenters. The maximum Gasteiger partial charge on any atom is 0.178 e. The monoisotopic (exact) mass is 333 g/mol. The van der Waals surface area contributed by atoms with Crippen LogP contribution in [0.25, 0.3) is 0 Å². The summed E-state index contributed by atoms with van der Waals surface area (Å²) in [5.41, 5.74) is 2.40. The Balaban J connectivity index is 2.03. The molecule has 0 amide bonds. The summed E-state index contributed by atoms with van der Waals surface area (Å²) in [6.45, 7) is 3.41. The number of sulfone groups is 1. The molecule has 1 aromatic carbocycles. The zero-order valence-electron chi connectivity index (χ0n) is 13.1. The molecule has 2 aromatic rings. The molecule has 0 aliphatic heterocycles. The summed E-state index contributed by atoms with van der Waals surface area (Å²) in [5.74, 6) is 1.30. The van der Waals surface area contributed by atoms with E-state index in [9.17, 15) is 13.5 Å². The molecule has 1 heterocycles. The van der Waals surface area contributed by atoms with Crippen LogP contribution in [0.2, 0.25) is 0 Å². The number of fused-ring (bicyclic) bond motifs is 1. The molecule has 1 aliphatic rings. The predicted octanol–water partition coefficient (Wildman–Crippen LogP) is 2.52. The second-order valence-corrected chi connectivity index (χ2v) is 7.88. The van der Waals surface area contributed by atoms with Crippen molar-refractivity contribution in [2.75, 3.05) is 11.1 Å². The topological polar surface area (TPSA) is 92.2 Å². The minimum atomic E-state index is -3.33. The van der Waals surface area contributed by atoms with Crippen LogP contribution in [-0.4, -0.2) is 29.2 Å². The Hall–Kier alpha value is -2.15. The van der Waals surface area contributed by atoms with E-state index in [1.54, 1.807) is 6.92 Å². The highest BCUT2D eigenvalue weighted by Crippen LogP contribution is 2.33. The molecule has 0 atom stereocenters. The fourth-order valence-corrected chi connectivity index (χ4v) is 3.67. The van der Waals surface area contributed by atoms with Gasteiger partial charge in [-0.15, -0.1) is 0 Å². The number of nitrogens with one attached hydrogen (secondary N) is 1. The van der Waals surface area contributed by atoms with Crippen LogP contribution in [0.5, 0.6) is 5.75 Å². The summed E-state index contributed by atoms with van der Waals surface area (Å²) in [4.78, 5) is 9.03. The van der Waals surface area contributed by atoms with E-state index in [-0.39, 0.29) is 16.4 Å². The zero-order chi connectivity index (χ0) is 16.6. The lowest BCUT2D eigenvalue weighted by atomic mass is 10.2. The average molecular weight is 333 g/mol. The van der Waals surface area contributed by atoms with Crippen molar-refractivity contribution in [2.24, 2.45) is 0 Å². The van der Waals surface area contributed by atoms with E-state index in [0.29, 0.717) is 17.3 Å². The molecule has 6 nitrogen and oxygen atoms in total. The fourth-order valence-electron chi connectivity index (χ4n) is 2.76. The van der Waals surface area contributed by atoms with Crippen molar-refractivity contribution < 1.29 is 13.5 Å². The largest absolute Gasteiger partial charge is 0.506 e. The highest BCUT2D eigenvalue weighted by atomic mass is 32.2. The molecule has 0 spiro atoms. The minimum Gasteiger partial charge on any atom is -0.506 e. The average Bonchev–Trinajstić information content (AvgIpc) is 2.97. The van der Waals surface area contributed by atoms with Crippen LogP contribution in [0.4, 0.5) is 11.5 Å². The van der Waals surface area contributed by atoms with Gasteiger partial charge < -0.3 is 10.4 Å². The van der Waals surface area contributed by atoms with Crippen molar-refractivity contribution >= 4 is 21.3 Å². The lowest BCUT2D eigenvalue weighted by Crippen LogP contribution is -2.06. The van der Waals surface area contributed by atoms with Crippen LogP contribution in [-0.2, 0) is 22.7 Å². The van der Waals surface area contributed by atoms with Crippen molar-refractivity contribution in [3.05, 3.63) is 35.3 Å². The van der Waals surface area contributed by atoms with Gasteiger partial charge in [0.25, 0.3) is 0 Å². The number of phenols is 1.